The van der Waals surface area contributed by atoms with Gasteiger partial charge in [0, 0.05) is 36.4 Å². The van der Waals surface area contributed by atoms with Gasteiger partial charge in [-0.2, -0.15) is 11.8 Å². The lowest BCUT2D eigenvalue weighted by atomic mass is 9.89. The van der Waals surface area contributed by atoms with E-state index in [0.29, 0.717) is 19.6 Å². The van der Waals surface area contributed by atoms with Gasteiger partial charge in [-0.3, -0.25) is 4.79 Å². The average Bonchev–Trinajstić information content (AvgIpc) is 3.05. The van der Waals surface area contributed by atoms with E-state index >= 15 is 0 Å². The van der Waals surface area contributed by atoms with Gasteiger partial charge in [0.2, 0.25) is 0 Å². The summed E-state index contributed by atoms with van der Waals surface area (Å²) in [6.07, 6.45) is 4.36. The molecule has 2 aliphatic rings. The lowest BCUT2D eigenvalue weighted by molar-refractivity contribution is -0.0589. The summed E-state index contributed by atoms with van der Waals surface area (Å²) in [6.45, 7) is 1.96. The van der Waals surface area contributed by atoms with Crippen molar-refractivity contribution in [3.63, 3.8) is 0 Å². The first kappa shape index (κ1) is 16.8. The molecule has 2 heterocycles. The third-order valence-corrected chi connectivity index (χ3v) is 5.55. The molecule has 1 amide bonds. The number of amides is 1. The quantitative estimate of drug-likeness (QED) is 0.919. The molecular formula is C18H25NO3S. The number of aliphatic hydroxyl groups excluding tert-OH is 1. The Labute approximate surface area is 142 Å². The van der Waals surface area contributed by atoms with Gasteiger partial charge in [-0.1, -0.05) is 12.1 Å². The largest absolute Gasteiger partial charge is 0.393 e. The normalized spacial score (nSPS) is 28.1. The van der Waals surface area contributed by atoms with Gasteiger partial charge in [0.25, 0.3) is 5.91 Å². The van der Waals surface area contributed by atoms with Gasteiger partial charge < -0.3 is 14.7 Å². The summed E-state index contributed by atoms with van der Waals surface area (Å²) in [5.74, 6) is 1.10. The van der Waals surface area contributed by atoms with Crippen molar-refractivity contribution in [2.24, 2.45) is 5.92 Å². The molecule has 3 rings (SSSR count). The molecule has 0 spiro atoms. The molecular weight excluding hydrogens is 310 g/mol. The molecule has 0 aliphatic carbocycles. The zero-order valence-electron chi connectivity index (χ0n) is 13.6. The Balaban J connectivity index is 1.72. The highest BCUT2D eigenvalue weighted by Crippen LogP contribution is 2.31. The summed E-state index contributed by atoms with van der Waals surface area (Å²) >= 11 is 1.78. The van der Waals surface area contributed by atoms with Crippen LogP contribution in [0.5, 0.6) is 0 Å². The van der Waals surface area contributed by atoms with E-state index in [1.54, 1.807) is 11.8 Å². The Morgan fingerprint density at radius 3 is 2.83 bits per heavy atom. The number of benzene rings is 1. The molecule has 1 aromatic carbocycles. The maximum absolute atomic E-state index is 12.9. The minimum absolute atomic E-state index is 0.0472. The van der Waals surface area contributed by atoms with Gasteiger partial charge >= 0.3 is 0 Å². The average molecular weight is 335 g/mol. The SMILES string of the molecule is CSCc1ccc(C(=O)N2CCCC2C2COCCC2O)cc1. The topological polar surface area (TPSA) is 49.8 Å². The number of carbonyl (C=O) groups is 1. The summed E-state index contributed by atoms with van der Waals surface area (Å²) in [7, 11) is 0. The zero-order chi connectivity index (χ0) is 16.2. The molecule has 0 radical (unpaired) electrons. The van der Waals surface area contributed by atoms with Crippen molar-refractivity contribution in [3.05, 3.63) is 35.4 Å². The molecule has 1 aromatic rings. The number of carbonyl (C=O) groups excluding carboxylic acids is 1. The van der Waals surface area contributed by atoms with Gasteiger partial charge in [-0.15, -0.1) is 0 Å². The van der Waals surface area contributed by atoms with Crippen LogP contribution in [0.2, 0.25) is 0 Å². The fourth-order valence-corrected chi connectivity index (χ4v) is 4.21. The second-order valence-corrected chi connectivity index (χ2v) is 7.30. The van der Waals surface area contributed by atoms with Crippen LogP contribution >= 0.6 is 11.8 Å². The summed E-state index contributed by atoms with van der Waals surface area (Å²) < 4.78 is 5.54. The first-order valence-corrected chi connectivity index (χ1v) is 9.74. The molecule has 23 heavy (non-hydrogen) atoms. The fourth-order valence-electron chi connectivity index (χ4n) is 3.68. The third-order valence-electron chi connectivity index (χ3n) is 4.93. The fraction of sp³-hybridized carbons (Fsp3) is 0.611. The third kappa shape index (κ3) is 3.73. The van der Waals surface area contributed by atoms with Gasteiger partial charge in [-0.05, 0) is 43.2 Å². The lowest BCUT2D eigenvalue weighted by Gasteiger charge is -2.37. The van der Waals surface area contributed by atoms with E-state index in [2.05, 4.69) is 6.26 Å². The van der Waals surface area contributed by atoms with Gasteiger partial charge in [-0.25, -0.2) is 0 Å². The molecule has 3 atom stereocenters. The van der Waals surface area contributed by atoms with Crippen molar-refractivity contribution in [1.82, 2.24) is 4.90 Å². The van der Waals surface area contributed by atoms with E-state index in [0.717, 1.165) is 30.7 Å². The van der Waals surface area contributed by atoms with E-state index in [-0.39, 0.29) is 24.0 Å². The predicted molar refractivity (Wildman–Crippen MR) is 92.7 cm³/mol. The second kappa shape index (κ2) is 7.69. The van der Waals surface area contributed by atoms with Crippen molar-refractivity contribution >= 4 is 17.7 Å². The standard InChI is InChI=1S/C18H25NO3S/c1-23-12-13-4-6-14(7-5-13)18(21)19-9-2-3-16(19)15-11-22-10-8-17(15)20/h4-7,15-17,20H,2-3,8-12H2,1H3. The van der Waals surface area contributed by atoms with Crippen molar-refractivity contribution in [2.45, 2.75) is 37.2 Å². The van der Waals surface area contributed by atoms with Gasteiger partial charge in [0.05, 0.1) is 12.7 Å². The van der Waals surface area contributed by atoms with E-state index in [1.165, 1.54) is 5.56 Å². The number of hydrogen-bond donors (Lipinski definition) is 1. The number of thioether (sulfide) groups is 1. The monoisotopic (exact) mass is 335 g/mol. The van der Waals surface area contributed by atoms with Crippen LogP contribution in [0.25, 0.3) is 0 Å². The maximum atomic E-state index is 12.9. The van der Waals surface area contributed by atoms with Crippen molar-refractivity contribution in [2.75, 3.05) is 26.0 Å². The molecule has 0 saturated carbocycles. The molecule has 2 fully saturated rings. The van der Waals surface area contributed by atoms with Gasteiger partial charge in [0.1, 0.15) is 0 Å². The molecule has 0 bridgehead atoms. The first-order chi connectivity index (χ1) is 11.2. The Bertz CT molecular complexity index is 534. The van der Waals surface area contributed by atoms with E-state index in [4.69, 9.17) is 4.74 Å². The number of nitrogens with zero attached hydrogens (tertiary/aromatic N) is 1. The number of rotatable bonds is 4. The Kier molecular flexibility index (Phi) is 5.62. The maximum Gasteiger partial charge on any atom is 0.254 e. The molecule has 0 aromatic heterocycles. The Morgan fingerprint density at radius 1 is 1.35 bits per heavy atom. The number of hydrogen-bond acceptors (Lipinski definition) is 4. The van der Waals surface area contributed by atoms with Gasteiger partial charge in [0.15, 0.2) is 0 Å². The van der Waals surface area contributed by atoms with E-state index in [9.17, 15) is 9.90 Å². The highest BCUT2D eigenvalue weighted by atomic mass is 32.2. The van der Waals surface area contributed by atoms with Crippen LogP contribution in [0.3, 0.4) is 0 Å². The molecule has 2 saturated heterocycles. The first-order valence-electron chi connectivity index (χ1n) is 8.35. The molecule has 1 N–H and O–H groups in total. The van der Waals surface area contributed by atoms with Crippen LogP contribution in [-0.4, -0.2) is 54.1 Å². The van der Waals surface area contributed by atoms with Crippen molar-refractivity contribution in [1.29, 1.82) is 0 Å². The minimum Gasteiger partial charge on any atom is -0.393 e. The van der Waals surface area contributed by atoms with E-state index < -0.39 is 0 Å². The Hall–Kier alpha value is -1.04. The Morgan fingerprint density at radius 2 is 2.13 bits per heavy atom. The molecule has 5 heteroatoms. The minimum atomic E-state index is -0.355. The highest BCUT2D eigenvalue weighted by Gasteiger charge is 2.39. The number of aliphatic hydroxyl groups is 1. The van der Waals surface area contributed by atoms with Crippen LogP contribution in [0.4, 0.5) is 0 Å². The number of ether oxygens (including phenoxy) is 1. The smallest absolute Gasteiger partial charge is 0.254 e. The number of likely N-dealkylation sites (tertiary alicyclic amines) is 1. The highest BCUT2D eigenvalue weighted by molar-refractivity contribution is 7.97. The summed E-state index contributed by atoms with van der Waals surface area (Å²) in [5.41, 5.74) is 1.98. The summed E-state index contributed by atoms with van der Waals surface area (Å²) in [5, 5.41) is 10.3. The van der Waals surface area contributed by atoms with Crippen LogP contribution in [0, 0.1) is 5.92 Å². The van der Waals surface area contributed by atoms with Crippen LogP contribution < -0.4 is 0 Å². The molecule has 4 nitrogen and oxygen atoms in total. The van der Waals surface area contributed by atoms with Crippen LogP contribution in [0.1, 0.15) is 35.2 Å². The summed E-state index contributed by atoms with van der Waals surface area (Å²) in [4.78, 5) is 14.8. The molecule has 126 valence electrons. The van der Waals surface area contributed by atoms with Crippen LogP contribution in [0.15, 0.2) is 24.3 Å². The van der Waals surface area contributed by atoms with Crippen molar-refractivity contribution < 1.29 is 14.6 Å². The summed E-state index contributed by atoms with van der Waals surface area (Å²) in [6, 6.07) is 8.03. The molecule has 2 aliphatic heterocycles. The predicted octanol–water partition coefficient (Wildman–Crippen LogP) is 2.55. The lowest BCUT2D eigenvalue weighted by Crippen LogP contribution is -2.48. The van der Waals surface area contributed by atoms with Crippen LogP contribution in [-0.2, 0) is 10.5 Å². The van der Waals surface area contributed by atoms with Crippen molar-refractivity contribution in [3.8, 4) is 0 Å². The second-order valence-electron chi connectivity index (χ2n) is 6.43. The van der Waals surface area contributed by atoms with E-state index in [1.807, 2.05) is 29.2 Å². The zero-order valence-corrected chi connectivity index (χ0v) is 14.4. The molecule has 3 unspecified atom stereocenters.